The number of fused-ring (bicyclic) bond motifs is 1. The number of hydrazine groups is 1. The molecule has 4 heterocycles. The molecule has 37 heavy (non-hydrogen) atoms. The van der Waals surface area contributed by atoms with Crippen LogP contribution in [0.15, 0.2) is 40.1 Å². The molecule has 0 spiro atoms. The number of nitrogens with one attached hydrogen (secondary N) is 2. The molecular formula is C24H28N6O5S2. The number of hydrogen-bond donors (Lipinski definition) is 2. The van der Waals surface area contributed by atoms with Gasteiger partial charge >= 0.3 is 6.03 Å². The van der Waals surface area contributed by atoms with Crippen molar-refractivity contribution in [2.75, 3.05) is 47.0 Å². The molecule has 2 N–H and O–H groups in total. The molecule has 1 aromatic carbocycles. The quantitative estimate of drug-likeness (QED) is 0.555. The summed E-state index contributed by atoms with van der Waals surface area (Å²) in [5.74, 6) is 2.89. The van der Waals surface area contributed by atoms with Crippen molar-refractivity contribution in [3.05, 3.63) is 41.4 Å². The van der Waals surface area contributed by atoms with Crippen LogP contribution in [-0.2, 0) is 19.6 Å². The van der Waals surface area contributed by atoms with Gasteiger partial charge in [-0.2, -0.15) is 4.31 Å². The van der Waals surface area contributed by atoms with Crippen molar-refractivity contribution < 1.29 is 22.7 Å². The first-order chi connectivity index (χ1) is 17.7. The van der Waals surface area contributed by atoms with Crippen LogP contribution in [0.1, 0.15) is 18.4 Å². The molecule has 0 aliphatic carbocycles. The Morgan fingerprint density at radius 3 is 2.81 bits per heavy atom. The lowest BCUT2D eigenvalue weighted by Gasteiger charge is -2.43. The summed E-state index contributed by atoms with van der Waals surface area (Å²) in [7, 11) is -0.572. The Labute approximate surface area is 219 Å². The maximum atomic E-state index is 13.6. The summed E-state index contributed by atoms with van der Waals surface area (Å²) in [6.45, 7) is 1.04. The fourth-order valence-electron chi connectivity index (χ4n) is 4.57. The van der Waals surface area contributed by atoms with Crippen molar-refractivity contribution in [3.8, 4) is 12.3 Å². The third-order valence-electron chi connectivity index (χ3n) is 6.69. The molecule has 13 heteroatoms. The van der Waals surface area contributed by atoms with E-state index in [4.69, 9.17) is 11.2 Å². The van der Waals surface area contributed by atoms with Gasteiger partial charge in [-0.15, -0.1) is 17.8 Å². The summed E-state index contributed by atoms with van der Waals surface area (Å²) < 4.78 is 35.1. The van der Waals surface area contributed by atoms with Gasteiger partial charge in [0.05, 0.1) is 11.7 Å². The van der Waals surface area contributed by atoms with Crippen LogP contribution in [-0.4, -0.2) is 92.5 Å². The van der Waals surface area contributed by atoms with Gasteiger partial charge in [0, 0.05) is 63.4 Å². The van der Waals surface area contributed by atoms with Crippen LogP contribution < -0.4 is 10.7 Å². The van der Waals surface area contributed by atoms with Gasteiger partial charge in [-0.05, 0) is 23.6 Å². The van der Waals surface area contributed by atoms with Gasteiger partial charge in [0.2, 0.25) is 11.8 Å². The lowest BCUT2D eigenvalue weighted by atomic mass is 10.1. The molecule has 0 radical (unpaired) electrons. The monoisotopic (exact) mass is 544 g/mol. The number of rotatable bonds is 4. The second kappa shape index (κ2) is 9.77. The van der Waals surface area contributed by atoms with Crippen LogP contribution in [0.5, 0.6) is 0 Å². The molecule has 3 aliphatic heterocycles. The first-order valence-corrected chi connectivity index (χ1v) is 14.1. The number of hydrogen-bond acceptors (Lipinski definition) is 8. The van der Waals surface area contributed by atoms with Gasteiger partial charge in [-0.3, -0.25) is 10.2 Å². The van der Waals surface area contributed by atoms with Gasteiger partial charge in [-0.25, -0.2) is 18.2 Å². The average Bonchev–Trinajstić information content (AvgIpc) is 3.54. The molecule has 196 valence electrons. The van der Waals surface area contributed by atoms with Gasteiger partial charge < -0.3 is 19.9 Å². The first kappa shape index (κ1) is 25.2. The van der Waals surface area contributed by atoms with Crippen LogP contribution in [0.25, 0.3) is 10.1 Å². The number of terminal acetylenes is 1. The highest BCUT2D eigenvalue weighted by Gasteiger charge is 2.40. The number of ether oxygens (including phenoxy) is 1. The summed E-state index contributed by atoms with van der Waals surface area (Å²) in [5, 5.41) is 5.36. The minimum absolute atomic E-state index is 0.00253. The Morgan fingerprint density at radius 2 is 2.05 bits per heavy atom. The Kier molecular flexibility index (Phi) is 6.65. The number of benzene rings is 1. The Morgan fingerprint density at radius 1 is 1.24 bits per heavy atom. The van der Waals surface area contributed by atoms with Crippen molar-refractivity contribution in [2.45, 2.75) is 23.1 Å². The fraction of sp³-hybridized carbons (Fsp3) is 0.417. The topological polar surface area (TPSA) is 115 Å². The van der Waals surface area contributed by atoms with E-state index < -0.39 is 16.1 Å². The highest BCUT2D eigenvalue weighted by Crippen LogP contribution is 2.33. The molecule has 1 atom stereocenters. The van der Waals surface area contributed by atoms with E-state index in [9.17, 15) is 18.0 Å². The van der Waals surface area contributed by atoms with Crippen molar-refractivity contribution in [1.29, 1.82) is 0 Å². The zero-order chi connectivity index (χ0) is 26.3. The fourth-order valence-corrected chi connectivity index (χ4v) is 7.63. The molecule has 2 aromatic rings. The van der Waals surface area contributed by atoms with E-state index in [1.807, 2.05) is 6.07 Å². The SMILES string of the molecule is C#Cc1ccc2cc(S(=O)(=O)N3CCN(C(=O)N4CCC5=C(N4)OCN5)C(CC(=O)N(C)C)C3)sc2c1. The standard InChI is InChI=1S/C24H28N6O5S2/c1-4-16-5-6-17-12-22(36-20(17)11-16)37(33,34)28-9-10-29(18(14-28)13-21(31)27(2)3)24(32)30-8-7-19-23(26-30)35-15-25-19/h1,5-6,11-12,18,25-26H,7-10,13-15H2,2-3H3. The van der Waals surface area contributed by atoms with Crippen LogP contribution >= 0.6 is 11.3 Å². The highest BCUT2D eigenvalue weighted by molar-refractivity contribution is 7.91. The number of carbonyl (C=O) groups is 2. The Bertz CT molecular complexity index is 1430. The highest BCUT2D eigenvalue weighted by atomic mass is 32.2. The van der Waals surface area contributed by atoms with Crippen molar-refractivity contribution in [2.24, 2.45) is 0 Å². The summed E-state index contributed by atoms with van der Waals surface area (Å²) in [6, 6.07) is 6.08. The summed E-state index contributed by atoms with van der Waals surface area (Å²) >= 11 is 1.16. The molecule has 0 bridgehead atoms. The predicted molar refractivity (Wildman–Crippen MR) is 138 cm³/mol. The van der Waals surface area contributed by atoms with Gasteiger partial charge in [-0.1, -0.05) is 12.0 Å². The van der Waals surface area contributed by atoms with E-state index in [1.54, 1.807) is 37.2 Å². The maximum absolute atomic E-state index is 13.6. The molecule has 1 saturated heterocycles. The number of amides is 3. The number of piperazine rings is 1. The van der Waals surface area contributed by atoms with E-state index in [2.05, 4.69) is 16.7 Å². The van der Waals surface area contributed by atoms with Gasteiger partial charge in [0.25, 0.3) is 10.0 Å². The minimum Gasteiger partial charge on any atom is -0.456 e. The van der Waals surface area contributed by atoms with E-state index >= 15 is 0 Å². The third kappa shape index (κ3) is 4.79. The summed E-state index contributed by atoms with van der Waals surface area (Å²) in [5.41, 5.74) is 4.59. The third-order valence-corrected chi connectivity index (χ3v) is 10.1. The zero-order valence-corrected chi connectivity index (χ0v) is 22.2. The predicted octanol–water partition coefficient (Wildman–Crippen LogP) is 1.11. The number of sulfonamides is 1. The number of thiophene rings is 1. The van der Waals surface area contributed by atoms with E-state index in [0.717, 1.165) is 27.1 Å². The molecule has 0 saturated carbocycles. The van der Waals surface area contributed by atoms with Crippen molar-refractivity contribution >= 4 is 43.4 Å². The lowest BCUT2D eigenvalue weighted by Crippen LogP contribution is -2.62. The minimum atomic E-state index is -3.85. The summed E-state index contributed by atoms with van der Waals surface area (Å²) in [6.07, 6.45) is 6.10. The molecule has 1 unspecified atom stereocenters. The molecule has 11 nitrogen and oxygen atoms in total. The van der Waals surface area contributed by atoms with Crippen molar-refractivity contribution in [3.63, 3.8) is 0 Å². The second-order valence-electron chi connectivity index (χ2n) is 9.23. The van der Waals surface area contributed by atoms with Crippen LogP contribution in [0.4, 0.5) is 4.79 Å². The normalized spacial score (nSPS) is 20.1. The molecule has 1 aromatic heterocycles. The van der Waals surface area contributed by atoms with E-state index in [1.165, 1.54) is 14.2 Å². The lowest BCUT2D eigenvalue weighted by molar-refractivity contribution is -0.130. The molecule has 1 fully saturated rings. The van der Waals surface area contributed by atoms with Gasteiger partial charge in [0.1, 0.15) is 4.21 Å². The van der Waals surface area contributed by atoms with Crippen molar-refractivity contribution in [1.82, 2.24) is 29.9 Å². The largest absolute Gasteiger partial charge is 0.456 e. The van der Waals surface area contributed by atoms with Crippen LogP contribution in [0, 0.1) is 12.3 Å². The molecule has 3 aliphatic rings. The number of nitrogens with zero attached hydrogens (tertiary/aromatic N) is 4. The van der Waals surface area contributed by atoms with Gasteiger partial charge in [0.15, 0.2) is 6.73 Å². The first-order valence-electron chi connectivity index (χ1n) is 11.8. The second-order valence-corrected chi connectivity index (χ2v) is 12.5. The Hall–Kier alpha value is -3.47. The summed E-state index contributed by atoms with van der Waals surface area (Å²) in [4.78, 5) is 29.2. The zero-order valence-electron chi connectivity index (χ0n) is 20.6. The van der Waals surface area contributed by atoms with E-state index in [0.29, 0.717) is 31.1 Å². The Balaban J connectivity index is 1.38. The number of carbonyl (C=O) groups excluding carboxylic acids is 2. The average molecular weight is 545 g/mol. The molecule has 3 amide bonds. The molecule has 5 rings (SSSR count). The maximum Gasteiger partial charge on any atom is 0.339 e. The van der Waals surface area contributed by atoms with Crippen LogP contribution in [0.3, 0.4) is 0 Å². The molecular weight excluding hydrogens is 516 g/mol. The van der Waals surface area contributed by atoms with E-state index in [-0.39, 0.29) is 42.2 Å². The smallest absolute Gasteiger partial charge is 0.339 e. The van der Waals surface area contributed by atoms with Crippen LogP contribution in [0.2, 0.25) is 0 Å². The number of urea groups is 1.